The maximum absolute atomic E-state index is 14.1. The third kappa shape index (κ3) is 7.06. The summed E-state index contributed by atoms with van der Waals surface area (Å²) in [7, 11) is -4.09. The molecule has 7 nitrogen and oxygen atoms in total. The molecule has 0 bridgehead atoms. The molecule has 0 spiro atoms. The number of rotatable bonds is 11. The van der Waals surface area contributed by atoms with Gasteiger partial charge in [0.25, 0.3) is 10.0 Å². The molecule has 0 heterocycles. The van der Waals surface area contributed by atoms with E-state index in [4.69, 9.17) is 0 Å². The lowest BCUT2D eigenvalue weighted by Crippen LogP contribution is -2.52. The van der Waals surface area contributed by atoms with Crippen molar-refractivity contribution in [2.45, 2.75) is 71.5 Å². The van der Waals surface area contributed by atoms with E-state index in [-0.39, 0.29) is 23.4 Å². The number of carbonyl (C=O) groups is 2. The smallest absolute Gasteiger partial charge is 0.264 e. The summed E-state index contributed by atoms with van der Waals surface area (Å²) in [5.74, 6) is -0.749. The van der Waals surface area contributed by atoms with Crippen LogP contribution in [0.15, 0.2) is 77.7 Å². The maximum Gasteiger partial charge on any atom is 0.264 e. The number of aryl methyl sites for hydroxylation is 2. The topological polar surface area (TPSA) is 86.8 Å². The highest BCUT2D eigenvalue weighted by Gasteiger charge is 2.33. The van der Waals surface area contributed by atoms with E-state index in [2.05, 4.69) is 5.32 Å². The minimum absolute atomic E-state index is 0.0553. The van der Waals surface area contributed by atoms with Crippen LogP contribution in [-0.4, -0.2) is 43.8 Å². The van der Waals surface area contributed by atoms with Crippen LogP contribution >= 0.6 is 0 Å². The molecule has 2 amide bonds. The molecule has 8 heteroatoms. The molecule has 0 unspecified atom stereocenters. The lowest BCUT2D eigenvalue weighted by molar-refractivity contribution is -0.139. The Balaban J connectivity index is 2.07. The predicted molar refractivity (Wildman–Crippen MR) is 156 cm³/mol. The van der Waals surface area contributed by atoms with E-state index in [1.807, 2.05) is 65.0 Å². The molecule has 0 aromatic heterocycles. The lowest BCUT2D eigenvalue weighted by atomic mass is 10.1. The molecule has 3 rings (SSSR count). The number of nitrogens with zero attached hydrogens (tertiary/aromatic N) is 2. The molecular weight excluding hydrogens is 510 g/mol. The summed E-state index contributed by atoms with van der Waals surface area (Å²) in [6.07, 6.45) is 0.750. The van der Waals surface area contributed by atoms with Crippen LogP contribution in [0.4, 0.5) is 5.69 Å². The largest absolute Gasteiger partial charge is 0.352 e. The first-order valence-corrected chi connectivity index (χ1v) is 14.7. The Bertz CT molecular complexity index is 1410. The second-order valence-electron chi connectivity index (χ2n) is 9.99. The Morgan fingerprint density at radius 1 is 0.846 bits per heavy atom. The van der Waals surface area contributed by atoms with Gasteiger partial charge < -0.3 is 10.2 Å². The Kier molecular flexibility index (Phi) is 9.92. The summed E-state index contributed by atoms with van der Waals surface area (Å²) in [5, 5.41) is 2.96. The van der Waals surface area contributed by atoms with E-state index >= 15 is 0 Å². The third-order valence-electron chi connectivity index (χ3n) is 7.23. The van der Waals surface area contributed by atoms with Crippen LogP contribution in [0.5, 0.6) is 0 Å². The summed E-state index contributed by atoms with van der Waals surface area (Å²) in [6, 6.07) is 20.3. The quantitative estimate of drug-likeness (QED) is 0.359. The second kappa shape index (κ2) is 12.9. The molecule has 1 N–H and O–H groups in total. The first-order valence-electron chi connectivity index (χ1n) is 13.3. The molecule has 3 aromatic rings. The van der Waals surface area contributed by atoms with Gasteiger partial charge in [-0.2, -0.15) is 0 Å². The average Bonchev–Trinajstić information content (AvgIpc) is 2.92. The minimum Gasteiger partial charge on any atom is -0.352 e. The number of anilines is 1. The molecule has 0 aliphatic carbocycles. The van der Waals surface area contributed by atoms with Crippen LogP contribution in [0, 0.1) is 20.8 Å². The van der Waals surface area contributed by atoms with E-state index in [1.165, 1.54) is 17.0 Å². The van der Waals surface area contributed by atoms with E-state index in [0.717, 1.165) is 33.0 Å². The van der Waals surface area contributed by atoms with Crippen molar-refractivity contribution in [3.63, 3.8) is 0 Å². The van der Waals surface area contributed by atoms with Gasteiger partial charge in [0, 0.05) is 12.6 Å². The first kappa shape index (κ1) is 29.9. The van der Waals surface area contributed by atoms with Gasteiger partial charge in [0.1, 0.15) is 12.6 Å². The summed E-state index contributed by atoms with van der Waals surface area (Å²) >= 11 is 0. The van der Waals surface area contributed by atoms with Crippen molar-refractivity contribution in [3.8, 4) is 0 Å². The monoisotopic (exact) mass is 549 g/mol. The molecule has 39 heavy (non-hydrogen) atoms. The van der Waals surface area contributed by atoms with Gasteiger partial charge >= 0.3 is 0 Å². The molecular formula is C31H39N3O4S. The van der Waals surface area contributed by atoms with Crippen LogP contribution in [0.25, 0.3) is 0 Å². The fraction of sp³-hybridized carbons (Fsp3) is 0.355. The Labute approximate surface area is 232 Å². The maximum atomic E-state index is 14.1. The summed E-state index contributed by atoms with van der Waals surface area (Å²) in [5.41, 5.74) is 3.97. The van der Waals surface area contributed by atoms with E-state index in [0.29, 0.717) is 5.69 Å². The predicted octanol–water partition coefficient (Wildman–Crippen LogP) is 5.14. The van der Waals surface area contributed by atoms with Crippen molar-refractivity contribution in [1.29, 1.82) is 0 Å². The van der Waals surface area contributed by atoms with E-state index in [9.17, 15) is 18.0 Å². The molecule has 0 fully saturated rings. The number of benzene rings is 3. The van der Waals surface area contributed by atoms with Gasteiger partial charge in [-0.05, 0) is 81.5 Å². The first-order chi connectivity index (χ1) is 18.5. The molecule has 2 atom stereocenters. The standard InChI is InChI=1S/C31H39N3O4S/c1-7-24(4)32-31(36)26(6)33(20-27-16-12-11-14-23(27)3)30(35)21-34(29-19-13-15-22(2)25(29)5)39(37,38)28-17-9-8-10-18-28/h8-19,24,26H,7,20-21H2,1-6H3,(H,32,36)/t24-,26-/m0/s1. The van der Waals surface area contributed by atoms with Crippen LogP contribution in [0.3, 0.4) is 0 Å². The number of hydrogen-bond donors (Lipinski definition) is 1. The van der Waals surface area contributed by atoms with Gasteiger partial charge in [-0.15, -0.1) is 0 Å². The molecule has 3 aromatic carbocycles. The minimum atomic E-state index is -4.09. The van der Waals surface area contributed by atoms with Gasteiger partial charge in [0.15, 0.2) is 0 Å². The van der Waals surface area contributed by atoms with E-state index < -0.39 is 28.5 Å². The molecule has 208 valence electrons. The van der Waals surface area contributed by atoms with Gasteiger partial charge in [0.2, 0.25) is 11.8 Å². The fourth-order valence-electron chi connectivity index (χ4n) is 4.26. The molecule has 0 saturated heterocycles. The number of hydrogen-bond acceptors (Lipinski definition) is 4. The van der Waals surface area contributed by atoms with Crippen LogP contribution < -0.4 is 9.62 Å². The molecule has 0 saturated carbocycles. The second-order valence-corrected chi connectivity index (χ2v) is 11.8. The van der Waals surface area contributed by atoms with Crippen molar-refractivity contribution >= 4 is 27.5 Å². The van der Waals surface area contributed by atoms with Crippen LogP contribution in [0.2, 0.25) is 0 Å². The molecule has 0 radical (unpaired) electrons. The average molecular weight is 550 g/mol. The van der Waals surface area contributed by atoms with Crippen LogP contribution in [0.1, 0.15) is 49.4 Å². The number of carbonyl (C=O) groups excluding carboxylic acids is 2. The van der Waals surface area contributed by atoms with Crippen LogP contribution in [-0.2, 0) is 26.2 Å². The zero-order valence-corrected chi connectivity index (χ0v) is 24.5. The lowest BCUT2D eigenvalue weighted by Gasteiger charge is -2.33. The number of sulfonamides is 1. The summed E-state index contributed by atoms with van der Waals surface area (Å²) in [6.45, 7) is 11.0. The normalized spacial score (nSPS) is 12.9. The SMILES string of the molecule is CC[C@H](C)NC(=O)[C@H](C)N(Cc1ccccc1C)C(=O)CN(c1cccc(C)c1C)S(=O)(=O)c1ccccc1. The van der Waals surface area contributed by atoms with Gasteiger partial charge in [-0.1, -0.05) is 61.5 Å². The van der Waals surface area contributed by atoms with Gasteiger partial charge in [-0.25, -0.2) is 8.42 Å². The van der Waals surface area contributed by atoms with Crippen molar-refractivity contribution in [2.24, 2.45) is 0 Å². The van der Waals surface area contributed by atoms with Crippen molar-refractivity contribution in [3.05, 3.63) is 95.1 Å². The van der Waals surface area contributed by atoms with Gasteiger partial charge in [0.05, 0.1) is 10.6 Å². The fourth-order valence-corrected chi connectivity index (χ4v) is 5.75. The van der Waals surface area contributed by atoms with E-state index in [1.54, 1.807) is 37.3 Å². The third-order valence-corrected chi connectivity index (χ3v) is 9.00. The van der Waals surface area contributed by atoms with Crippen molar-refractivity contribution < 1.29 is 18.0 Å². The van der Waals surface area contributed by atoms with Crippen molar-refractivity contribution in [2.75, 3.05) is 10.8 Å². The zero-order valence-electron chi connectivity index (χ0n) is 23.6. The van der Waals surface area contributed by atoms with Crippen molar-refractivity contribution in [1.82, 2.24) is 10.2 Å². The Morgan fingerprint density at radius 3 is 2.10 bits per heavy atom. The summed E-state index contributed by atoms with van der Waals surface area (Å²) in [4.78, 5) is 28.8. The highest BCUT2D eigenvalue weighted by molar-refractivity contribution is 7.92. The Hall–Kier alpha value is -3.65. The molecule has 0 aliphatic rings. The Morgan fingerprint density at radius 2 is 1.46 bits per heavy atom. The number of amides is 2. The number of nitrogens with one attached hydrogen (secondary N) is 1. The van der Waals surface area contributed by atoms with Gasteiger partial charge in [-0.3, -0.25) is 13.9 Å². The highest BCUT2D eigenvalue weighted by Crippen LogP contribution is 2.29. The molecule has 0 aliphatic heterocycles. The highest BCUT2D eigenvalue weighted by atomic mass is 32.2. The summed E-state index contributed by atoms with van der Waals surface area (Å²) < 4.78 is 29.0. The zero-order chi connectivity index (χ0) is 28.7.